The van der Waals surface area contributed by atoms with Gasteiger partial charge in [0.15, 0.2) is 5.16 Å². The number of para-hydroxylation sites is 1. The van der Waals surface area contributed by atoms with Gasteiger partial charge in [0, 0.05) is 20.2 Å². The minimum absolute atomic E-state index is 0.141. The van der Waals surface area contributed by atoms with Gasteiger partial charge in [-0.05, 0) is 31.2 Å². The molecule has 9 nitrogen and oxygen atoms in total. The number of rotatable bonds is 6. The highest BCUT2D eigenvalue weighted by Gasteiger charge is 2.20. The summed E-state index contributed by atoms with van der Waals surface area (Å²) in [6.07, 6.45) is 0. The molecule has 2 aromatic heterocycles. The van der Waals surface area contributed by atoms with Crippen LogP contribution < -0.4 is 20.9 Å². The normalized spacial score (nSPS) is 12.0. The minimum atomic E-state index is -0.246. The third-order valence-electron chi connectivity index (χ3n) is 4.76. The third-order valence-corrected chi connectivity index (χ3v) is 5.81. The molecular weight excluding hydrogens is 426 g/mol. The minimum Gasteiger partial charge on any atom is -0.497 e. The smallest absolute Gasteiger partial charge is 0.266 e. The van der Waals surface area contributed by atoms with Crippen LogP contribution in [-0.4, -0.2) is 45.7 Å². The van der Waals surface area contributed by atoms with Crippen LogP contribution in [0.2, 0.25) is 0 Å². The SMILES string of the molecule is COc1cccc(-n2c(SC(C)c3nc(N)nc(N(C)C)n3)nc3ccccc3c2=O)c1. The maximum Gasteiger partial charge on any atom is 0.266 e. The van der Waals surface area contributed by atoms with Crippen molar-refractivity contribution in [3.8, 4) is 11.4 Å². The summed E-state index contributed by atoms with van der Waals surface area (Å²) in [4.78, 5) is 33.0. The maximum atomic E-state index is 13.5. The summed E-state index contributed by atoms with van der Waals surface area (Å²) in [6.45, 7) is 1.94. The van der Waals surface area contributed by atoms with Gasteiger partial charge >= 0.3 is 0 Å². The number of hydrogen-bond donors (Lipinski definition) is 1. The molecule has 2 aromatic carbocycles. The highest BCUT2D eigenvalue weighted by molar-refractivity contribution is 7.99. The van der Waals surface area contributed by atoms with Gasteiger partial charge in [-0.25, -0.2) is 4.98 Å². The van der Waals surface area contributed by atoms with E-state index < -0.39 is 0 Å². The van der Waals surface area contributed by atoms with Crippen molar-refractivity contribution >= 4 is 34.6 Å². The summed E-state index contributed by atoms with van der Waals surface area (Å²) < 4.78 is 6.94. The first-order chi connectivity index (χ1) is 15.4. The molecule has 0 saturated carbocycles. The van der Waals surface area contributed by atoms with E-state index in [9.17, 15) is 4.79 Å². The lowest BCUT2D eigenvalue weighted by Gasteiger charge is -2.17. The molecule has 0 fully saturated rings. The molecule has 0 aliphatic heterocycles. The lowest BCUT2D eigenvalue weighted by atomic mass is 10.2. The summed E-state index contributed by atoms with van der Waals surface area (Å²) in [6, 6.07) is 14.6. The van der Waals surface area contributed by atoms with Crippen LogP contribution in [-0.2, 0) is 0 Å². The van der Waals surface area contributed by atoms with Crippen molar-refractivity contribution in [1.82, 2.24) is 24.5 Å². The maximum absolute atomic E-state index is 13.5. The second kappa shape index (κ2) is 8.83. The molecule has 1 atom stereocenters. The van der Waals surface area contributed by atoms with E-state index in [1.54, 1.807) is 28.7 Å². The van der Waals surface area contributed by atoms with Crippen LogP contribution in [0.3, 0.4) is 0 Å². The molecule has 4 rings (SSSR count). The molecule has 0 radical (unpaired) electrons. The molecule has 4 aromatic rings. The van der Waals surface area contributed by atoms with E-state index in [1.807, 2.05) is 57.4 Å². The van der Waals surface area contributed by atoms with Gasteiger partial charge in [-0.2, -0.15) is 15.0 Å². The lowest BCUT2D eigenvalue weighted by Crippen LogP contribution is -2.22. The number of anilines is 2. The van der Waals surface area contributed by atoms with E-state index >= 15 is 0 Å². The quantitative estimate of drug-likeness (QED) is 0.350. The first-order valence-electron chi connectivity index (χ1n) is 9.89. The van der Waals surface area contributed by atoms with Gasteiger partial charge in [-0.15, -0.1) is 0 Å². The second-order valence-corrected chi connectivity index (χ2v) is 8.57. The Hall–Kier alpha value is -3.66. The fourth-order valence-electron chi connectivity index (χ4n) is 3.16. The Morgan fingerprint density at radius 1 is 1.06 bits per heavy atom. The molecule has 0 aliphatic rings. The molecule has 0 amide bonds. The van der Waals surface area contributed by atoms with Crippen LogP contribution in [0.1, 0.15) is 18.0 Å². The number of thioether (sulfide) groups is 1. The topological polar surface area (TPSA) is 112 Å². The van der Waals surface area contributed by atoms with E-state index in [2.05, 4.69) is 15.0 Å². The third kappa shape index (κ3) is 4.22. The second-order valence-electron chi connectivity index (χ2n) is 7.26. The molecule has 10 heteroatoms. The average Bonchev–Trinajstić information content (AvgIpc) is 2.79. The molecule has 32 heavy (non-hydrogen) atoms. The summed E-state index contributed by atoms with van der Waals surface area (Å²) >= 11 is 1.37. The molecule has 2 N–H and O–H groups in total. The van der Waals surface area contributed by atoms with E-state index in [1.165, 1.54) is 11.8 Å². The van der Waals surface area contributed by atoms with Crippen LogP contribution >= 0.6 is 11.8 Å². The van der Waals surface area contributed by atoms with Crippen molar-refractivity contribution in [1.29, 1.82) is 0 Å². The Balaban J connectivity index is 1.85. The zero-order valence-corrected chi connectivity index (χ0v) is 19.0. The van der Waals surface area contributed by atoms with Crippen LogP contribution in [0.4, 0.5) is 11.9 Å². The number of fused-ring (bicyclic) bond motifs is 1. The molecule has 0 bridgehead atoms. The van der Waals surface area contributed by atoms with Crippen LogP contribution in [0.5, 0.6) is 5.75 Å². The van der Waals surface area contributed by atoms with Crippen molar-refractivity contribution in [2.45, 2.75) is 17.3 Å². The van der Waals surface area contributed by atoms with Gasteiger partial charge in [-0.1, -0.05) is 30.0 Å². The van der Waals surface area contributed by atoms with Crippen LogP contribution in [0, 0.1) is 0 Å². The molecule has 0 spiro atoms. The number of aromatic nitrogens is 5. The highest BCUT2D eigenvalue weighted by atomic mass is 32.2. The van der Waals surface area contributed by atoms with Gasteiger partial charge in [-0.3, -0.25) is 9.36 Å². The number of methoxy groups -OCH3 is 1. The molecule has 2 heterocycles. The summed E-state index contributed by atoms with van der Waals surface area (Å²) in [5, 5.41) is 0.801. The van der Waals surface area contributed by atoms with E-state index in [4.69, 9.17) is 15.5 Å². The Kier molecular flexibility index (Phi) is 5.95. The first kappa shape index (κ1) is 21.6. The predicted molar refractivity (Wildman–Crippen MR) is 127 cm³/mol. The van der Waals surface area contributed by atoms with Gasteiger partial charge in [0.05, 0.1) is 29.0 Å². The van der Waals surface area contributed by atoms with E-state index in [-0.39, 0.29) is 16.8 Å². The zero-order chi connectivity index (χ0) is 22.8. The Morgan fingerprint density at radius 3 is 2.59 bits per heavy atom. The monoisotopic (exact) mass is 449 g/mol. The predicted octanol–water partition coefficient (Wildman–Crippen LogP) is 3.08. The number of benzene rings is 2. The standard InChI is InChI=1S/C22H23N7O2S/c1-13(18-25-20(23)27-21(26-18)28(2)3)32-22-24-17-11-6-5-10-16(17)19(30)29(22)14-8-7-9-15(12-14)31-4/h5-13H,1-4H3,(H2,23,25,26,27). The van der Waals surface area contributed by atoms with Gasteiger partial charge in [0.1, 0.15) is 11.6 Å². The lowest BCUT2D eigenvalue weighted by molar-refractivity contribution is 0.414. The number of hydrogen-bond acceptors (Lipinski definition) is 9. The molecule has 0 aliphatic carbocycles. The van der Waals surface area contributed by atoms with Gasteiger partial charge < -0.3 is 15.4 Å². The Labute approximate surface area is 189 Å². The summed E-state index contributed by atoms with van der Waals surface area (Å²) in [7, 11) is 5.26. The largest absolute Gasteiger partial charge is 0.497 e. The first-order valence-corrected chi connectivity index (χ1v) is 10.8. The van der Waals surface area contributed by atoms with Crippen molar-refractivity contribution in [3.63, 3.8) is 0 Å². The highest BCUT2D eigenvalue weighted by Crippen LogP contribution is 2.34. The number of nitrogens with two attached hydrogens (primary N) is 1. The molecule has 164 valence electrons. The molecular formula is C22H23N7O2S. The van der Waals surface area contributed by atoms with E-state index in [0.29, 0.717) is 39.3 Å². The van der Waals surface area contributed by atoms with Gasteiger partial charge in [0.2, 0.25) is 11.9 Å². The van der Waals surface area contributed by atoms with Crippen molar-refractivity contribution in [2.75, 3.05) is 31.8 Å². The Bertz CT molecular complexity index is 1340. The zero-order valence-electron chi connectivity index (χ0n) is 18.2. The van der Waals surface area contributed by atoms with E-state index in [0.717, 1.165) is 0 Å². The fraction of sp³-hybridized carbons (Fsp3) is 0.227. The Morgan fingerprint density at radius 2 is 1.84 bits per heavy atom. The van der Waals surface area contributed by atoms with Crippen LogP contribution in [0.25, 0.3) is 16.6 Å². The van der Waals surface area contributed by atoms with Crippen molar-refractivity contribution < 1.29 is 4.74 Å². The summed E-state index contributed by atoms with van der Waals surface area (Å²) in [5.41, 5.74) is 7.01. The van der Waals surface area contributed by atoms with Crippen LogP contribution in [0.15, 0.2) is 58.5 Å². The molecule has 0 saturated heterocycles. The molecule has 1 unspecified atom stereocenters. The van der Waals surface area contributed by atoms with Crippen molar-refractivity contribution in [3.05, 3.63) is 64.7 Å². The van der Waals surface area contributed by atoms with Crippen molar-refractivity contribution in [2.24, 2.45) is 0 Å². The number of nitrogens with zero attached hydrogens (tertiary/aromatic N) is 6. The van der Waals surface area contributed by atoms with Gasteiger partial charge in [0.25, 0.3) is 5.56 Å². The summed E-state index contributed by atoms with van der Waals surface area (Å²) in [5.74, 6) is 1.76. The average molecular weight is 450 g/mol. The number of ether oxygens (including phenoxy) is 1. The fourth-order valence-corrected chi connectivity index (χ4v) is 4.13. The number of nitrogen functional groups attached to an aromatic ring is 1.